The Morgan fingerprint density at radius 2 is 1.79 bits per heavy atom. The summed E-state index contributed by atoms with van der Waals surface area (Å²) < 4.78 is 0. The highest BCUT2D eigenvalue weighted by Gasteiger charge is 2.28. The van der Waals surface area contributed by atoms with Gasteiger partial charge in [0.1, 0.15) is 0 Å². The van der Waals surface area contributed by atoms with Gasteiger partial charge in [-0.05, 0) is 44.0 Å². The number of nitrogens with zero attached hydrogens (tertiary/aromatic N) is 4. The fraction of sp³-hybridized carbons (Fsp3) is 0.500. The van der Waals surface area contributed by atoms with E-state index >= 15 is 0 Å². The van der Waals surface area contributed by atoms with Crippen LogP contribution in [0.2, 0.25) is 0 Å². The Hall–Kier alpha value is -2.90. The number of aliphatic carboxylic acids is 1. The number of hydrogen-bond donors (Lipinski definition) is 1. The number of carbonyl (C=O) groups excluding carboxylic acids is 2. The molecule has 0 atom stereocenters. The lowest BCUT2D eigenvalue weighted by Gasteiger charge is -2.31. The Bertz CT molecular complexity index is 782. The highest BCUT2D eigenvalue weighted by atomic mass is 16.4. The Morgan fingerprint density at radius 1 is 1.14 bits per heavy atom. The minimum absolute atomic E-state index is 0.0199. The van der Waals surface area contributed by atoms with Crippen LogP contribution in [0.4, 0.5) is 5.69 Å². The normalized spacial score (nSPS) is 17.4. The maximum Gasteiger partial charge on any atom is 0.306 e. The fourth-order valence-corrected chi connectivity index (χ4v) is 3.51. The summed E-state index contributed by atoms with van der Waals surface area (Å²) >= 11 is 0. The van der Waals surface area contributed by atoms with Gasteiger partial charge in [0.05, 0.1) is 18.2 Å². The second-order valence-electron chi connectivity index (χ2n) is 7.41. The van der Waals surface area contributed by atoms with E-state index < -0.39 is 5.97 Å². The van der Waals surface area contributed by atoms with Gasteiger partial charge >= 0.3 is 5.97 Å². The molecule has 1 N–H and O–H groups in total. The number of anilines is 1. The molecule has 2 aliphatic rings. The molecular weight excluding hydrogens is 360 g/mol. The highest BCUT2D eigenvalue weighted by Crippen LogP contribution is 2.21. The molecule has 150 valence electrons. The van der Waals surface area contributed by atoms with Crippen LogP contribution in [0.1, 0.15) is 36.5 Å². The average Bonchev–Trinajstić information content (AvgIpc) is 3.13. The quantitative estimate of drug-likeness (QED) is 0.831. The first-order valence-corrected chi connectivity index (χ1v) is 9.53. The van der Waals surface area contributed by atoms with Crippen LogP contribution in [0, 0.1) is 5.92 Å². The molecule has 0 aromatic heterocycles. The zero-order chi connectivity index (χ0) is 20.3. The molecule has 8 heteroatoms. The summed E-state index contributed by atoms with van der Waals surface area (Å²) in [5, 5.41) is 15.4. The summed E-state index contributed by atoms with van der Waals surface area (Å²) in [5.41, 5.74) is 2.54. The van der Waals surface area contributed by atoms with E-state index in [1.54, 1.807) is 24.1 Å². The van der Waals surface area contributed by atoms with Gasteiger partial charge in [-0.3, -0.25) is 19.4 Å². The number of likely N-dealkylation sites (N-methyl/N-ethyl adjacent to an activating group) is 1. The zero-order valence-electron chi connectivity index (χ0n) is 16.3. The van der Waals surface area contributed by atoms with Gasteiger partial charge < -0.3 is 14.9 Å². The van der Waals surface area contributed by atoms with Gasteiger partial charge in [-0.1, -0.05) is 0 Å². The van der Waals surface area contributed by atoms with E-state index in [2.05, 4.69) is 5.10 Å². The molecule has 2 amide bonds. The Labute approximate surface area is 164 Å². The van der Waals surface area contributed by atoms with Crippen molar-refractivity contribution in [3.63, 3.8) is 0 Å². The molecule has 1 aromatic carbocycles. The summed E-state index contributed by atoms with van der Waals surface area (Å²) in [7, 11) is 1.60. The van der Waals surface area contributed by atoms with Crippen LogP contribution >= 0.6 is 0 Å². The molecule has 1 fully saturated rings. The lowest BCUT2D eigenvalue weighted by atomic mass is 9.97. The third kappa shape index (κ3) is 4.49. The van der Waals surface area contributed by atoms with Gasteiger partial charge in [-0.15, -0.1) is 0 Å². The molecule has 0 aliphatic carbocycles. The first-order valence-electron chi connectivity index (χ1n) is 9.53. The molecule has 1 saturated heterocycles. The van der Waals surface area contributed by atoms with Crippen LogP contribution in [-0.2, 0) is 9.59 Å². The number of carboxylic acid groups (broad SMARTS) is 1. The van der Waals surface area contributed by atoms with Crippen molar-refractivity contribution in [2.24, 2.45) is 11.0 Å². The van der Waals surface area contributed by atoms with Crippen molar-refractivity contribution in [3.05, 3.63) is 29.8 Å². The molecule has 8 nitrogen and oxygen atoms in total. The van der Waals surface area contributed by atoms with Crippen LogP contribution in [0.5, 0.6) is 0 Å². The third-order valence-electron chi connectivity index (χ3n) is 5.31. The Morgan fingerprint density at radius 3 is 2.32 bits per heavy atom. The topological polar surface area (TPSA) is 93.5 Å². The fourth-order valence-electron chi connectivity index (χ4n) is 3.51. The first-order chi connectivity index (χ1) is 13.3. The number of likely N-dealkylation sites (tertiary alicyclic amines) is 1. The predicted octanol–water partition coefficient (Wildman–Crippen LogP) is 1.67. The summed E-state index contributed by atoms with van der Waals surface area (Å²) in [4.78, 5) is 39.1. The molecule has 2 aliphatic heterocycles. The smallest absolute Gasteiger partial charge is 0.306 e. The number of hydrazone groups is 1. The molecule has 0 saturated carbocycles. The SMILES string of the molecule is CC1=NN(c2ccc(C(=O)N(C)CC(=O)N3CCC(C(=O)O)CC3)cc2)CC1. The highest BCUT2D eigenvalue weighted by molar-refractivity contribution is 5.96. The number of amides is 2. The van der Waals surface area contributed by atoms with E-state index in [0.717, 1.165) is 24.4 Å². The second kappa shape index (κ2) is 8.41. The summed E-state index contributed by atoms with van der Waals surface area (Å²) in [6, 6.07) is 7.23. The predicted molar refractivity (Wildman–Crippen MR) is 105 cm³/mol. The zero-order valence-corrected chi connectivity index (χ0v) is 16.3. The maximum atomic E-state index is 12.6. The monoisotopic (exact) mass is 386 g/mol. The lowest BCUT2D eigenvalue weighted by molar-refractivity contribution is -0.145. The van der Waals surface area contributed by atoms with Crippen LogP contribution < -0.4 is 5.01 Å². The van der Waals surface area contributed by atoms with Gasteiger partial charge in [0.2, 0.25) is 5.91 Å². The Balaban J connectivity index is 1.54. The number of benzene rings is 1. The molecular formula is C20H26N4O4. The van der Waals surface area contributed by atoms with Crippen molar-refractivity contribution < 1.29 is 19.5 Å². The molecule has 2 heterocycles. The second-order valence-corrected chi connectivity index (χ2v) is 7.41. The van der Waals surface area contributed by atoms with Crippen molar-refractivity contribution in [1.29, 1.82) is 0 Å². The van der Waals surface area contributed by atoms with E-state index in [1.165, 1.54) is 4.90 Å². The lowest BCUT2D eigenvalue weighted by Crippen LogP contribution is -2.45. The van der Waals surface area contributed by atoms with Gasteiger partial charge in [-0.25, -0.2) is 0 Å². The largest absolute Gasteiger partial charge is 0.481 e. The van der Waals surface area contributed by atoms with E-state index in [0.29, 0.717) is 31.5 Å². The standard InChI is InChI=1S/C20H26N4O4/c1-14-7-12-24(21-14)17-5-3-15(4-6-17)19(26)22(2)13-18(25)23-10-8-16(9-11-23)20(27)28/h3-6,16H,7-13H2,1-2H3,(H,27,28). The minimum Gasteiger partial charge on any atom is -0.481 e. The minimum atomic E-state index is -0.808. The summed E-state index contributed by atoms with van der Waals surface area (Å²) in [5.74, 6) is -1.57. The van der Waals surface area contributed by atoms with Crippen molar-refractivity contribution in [3.8, 4) is 0 Å². The van der Waals surface area contributed by atoms with Crippen molar-refractivity contribution in [1.82, 2.24) is 9.80 Å². The molecule has 28 heavy (non-hydrogen) atoms. The average molecular weight is 386 g/mol. The maximum absolute atomic E-state index is 12.6. The van der Waals surface area contributed by atoms with Crippen LogP contribution in [0.25, 0.3) is 0 Å². The Kier molecular flexibility index (Phi) is 5.96. The van der Waals surface area contributed by atoms with Crippen molar-refractivity contribution in [2.75, 3.05) is 38.2 Å². The number of rotatable bonds is 5. The number of piperidine rings is 1. The molecule has 0 unspecified atom stereocenters. The first kappa shape index (κ1) is 19.9. The molecule has 0 bridgehead atoms. The van der Waals surface area contributed by atoms with Crippen LogP contribution in [0.3, 0.4) is 0 Å². The van der Waals surface area contributed by atoms with Gasteiger partial charge in [0.25, 0.3) is 5.91 Å². The number of carboxylic acids is 1. The number of hydrogen-bond acceptors (Lipinski definition) is 5. The molecule has 3 rings (SSSR count). The van der Waals surface area contributed by atoms with E-state index in [4.69, 9.17) is 5.11 Å². The van der Waals surface area contributed by atoms with E-state index in [-0.39, 0.29) is 24.3 Å². The van der Waals surface area contributed by atoms with Gasteiger partial charge in [0.15, 0.2) is 0 Å². The third-order valence-corrected chi connectivity index (χ3v) is 5.31. The number of carbonyl (C=O) groups is 3. The van der Waals surface area contributed by atoms with E-state index in [1.807, 2.05) is 24.1 Å². The molecule has 0 radical (unpaired) electrons. The van der Waals surface area contributed by atoms with Crippen molar-refractivity contribution >= 4 is 29.2 Å². The van der Waals surface area contributed by atoms with Gasteiger partial charge in [0, 0.05) is 44.4 Å². The summed E-state index contributed by atoms with van der Waals surface area (Å²) in [6.07, 6.45) is 1.85. The molecule has 0 spiro atoms. The van der Waals surface area contributed by atoms with Crippen LogP contribution in [-0.4, -0.2) is 71.6 Å². The summed E-state index contributed by atoms with van der Waals surface area (Å²) in [6.45, 7) is 3.65. The molecule has 1 aromatic rings. The van der Waals surface area contributed by atoms with E-state index in [9.17, 15) is 14.4 Å². The van der Waals surface area contributed by atoms with Crippen molar-refractivity contribution in [2.45, 2.75) is 26.2 Å². The van der Waals surface area contributed by atoms with Crippen LogP contribution in [0.15, 0.2) is 29.4 Å². The van der Waals surface area contributed by atoms with Gasteiger partial charge in [-0.2, -0.15) is 5.10 Å².